The van der Waals surface area contributed by atoms with Gasteiger partial charge in [0, 0.05) is 31.6 Å². The van der Waals surface area contributed by atoms with Gasteiger partial charge < -0.3 is 15.4 Å². The Kier molecular flexibility index (Phi) is 5.54. The van der Waals surface area contributed by atoms with Gasteiger partial charge >= 0.3 is 0 Å². The van der Waals surface area contributed by atoms with Crippen molar-refractivity contribution in [3.63, 3.8) is 0 Å². The average molecular weight is 387 g/mol. The molecule has 2 aliphatic rings. The summed E-state index contributed by atoms with van der Waals surface area (Å²) in [7, 11) is 0. The van der Waals surface area contributed by atoms with Crippen molar-refractivity contribution in [3.8, 4) is 0 Å². The maximum absolute atomic E-state index is 12.6. The summed E-state index contributed by atoms with van der Waals surface area (Å²) in [6, 6.07) is 8.06. The SMILES string of the molecule is CC1CN(Cc2csc(NC(=O)C3Cc4ccccc4CN3)n2)CC(C)O1. The van der Waals surface area contributed by atoms with E-state index in [1.54, 1.807) is 0 Å². The number of fused-ring (bicyclic) bond motifs is 1. The first-order chi connectivity index (χ1) is 13.1. The third-order valence-corrected chi connectivity index (χ3v) is 5.87. The number of benzene rings is 1. The van der Waals surface area contributed by atoms with Gasteiger partial charge in [0.25, 0.3) is 0 Å². The minimum Gasteiger partial charge on any atom is -0.373 e. The Morgan fingerprint density at radius 1 is 1.30 bits per heavy atom. The molecule has 0 spiro atoms. The molecule has 2 aliphatic heterocycles. The summed E-state index contributed by atoms with van der Waals surface area (Å²) in [5, 5.41) is 9.00. The van der Waals surface area contributed by atoms with Gasteiger partial charge in [-0.2, -0.15) is 0 Å². The van der Waals surface area contributed by atoms with E-state index in [0.29, 0.717) is 11.6 Å². The summed E-state index contributed by atoms with van der Waals surface area (Å²) in [5.74, 6) is -0.0148. The van der Waals surface area contributed by atoms with Crippen molar-refractivity contribution in [1.29, 1.82) is 0 Å². The quantitative estimate of drug-likeness (QED) is 0.845. The summed E-state index contributed by atoms with van der Waals surface area (Å²) in [4.78, 5) is 19.6. The number of hydrogen-bond donors (Lipinski definition) is 2. The molecule has 2 N–H and O–H groups in total. The molecule has 7 heteroatoms. The number of aromatic nitrogens is 1. The van der Waals surface area contributed by atoms with Crippen molar-refractivity contribution in [1.82, 2.24) is 15.2 Å². The number of carbonyl (C=O) groups is 1. The molecule has 1 saturated heterocycles. The topological polar surface area (TPSA) is 66.5 Å². The molecule has 6 nitrogen and oxygen atoms in total. The lowest BCUT2D eigenvalue weighted by molar-refractivity contribution is -0.118. The van der Waals surface area contributed by atoms with Crippen LogP contribution < -0.4 is 10.6 Å². The molecule has 144 valence electrons. The zero-order valence-electron chi connectivity index (χ0n) is 15.8. The summed E-state index contributed by atoms with van der Waals surface area (Å²) < 4.78 is 5.78. The highest BCUT2D eigenvalue weighted by atomic mass is 32.1. The van der Waals surface area contributed by atoms with Gasteiger partial charge in [-0.3, -0.25) is 9.69 Å². The van der Waals surface area contributed by atoms with Gasteiger partial charge in [-0.25, -0.2) is 4.98 Å². The van der Waals surface area contributed by atoms with Crippen molar-refractivity contribution in [2.45, 2.75) is 51.6 Å². The van der Waals surface area contributed by atoms with E-state index in [0.717, 1.165) is 31.9 Å². The van der Waals surface area contributed by atoms with Crippen molar-refractivity contribution in [2.75, 3.05) is 18.4 Å². The molecule has 0 bridgehead atoms. The summed E-state index contributed by atoms with van der Waals surface area (Å²) >= 11 is 1.49. The van der Waals surface area contributed by atoms with E-state index in [2.05, 4.69) is 46.5 Å². The Hall–Kier alpha value is -1.80. The standard InChI is InChI=1S/C20H26N4O2S/c1-13-9-24(10-14(2)26-13)11-17-12-27-20(22-17)23-19(25)18-7-15-5-3-4-6-16(15)8-21-18/h3-6,12-14,18,21H,7-11H2,1-2H3,(H,22,23,25). The molecule has 1 amide bonds. The summed E-state index contributed by atoms with van der Waals surface area (Å²) in [6.07, 6.45) is 1.20. The predicted molar refractivity (Wildman–Crippen MR) is 107 cm³/mol. The van der Waals surface area contributed by atoms with Gasteiger partial charge in [0.05, 0.1) is 23.9 Å². The van der Waals surface area contributed by atoms with Crippen LogP contribution in [0.25, 0.3) is 0 Å². The molecule has 1 fully saturated rings. The van der Waals surface area contributed by atoms with E-state index in [1.165, 1.54) is 22.5 Å². The largest absolute Gasteiger partial charge is 0.373 e. The van der Waals surface area contributed by atoms with E-state index >= 15 is 0 Å². The Balaban J connectivity index is 1.33. The van der Waals surface area contributed by atoms with Gasteiger partial charge in [-0.1, -0.05) is 24.3 Å². The summed E-state index contributed by atoms with van der Waals surface area (Å²) in [5.41, 5.74) is 3.51. The maximum atomic E-state index is 12.6. The molecular formula is C20H26N4O2S. The molecule has 0 aliphatic carbocycles. The second-order valence-electron chi connectivity index (χ2n) is 7.49. The number of morpholine rings is 1. The fourth-order valence-electron chi connectivity index (χ4n) is 3.91. The Labute approximate surface area is 163 Å². The summed E-state index contributed by atoms with van der Waals surface area (Å²) in [6.45, 7) is 7.55. The molecule has 1 aromatic heterocycles. The van der Waals surface area contributed by atoms with E-state index in [4.69, 9.17) is 4.74 Å². The average Bonchev–Trinajstić information content (AvgIpc) is 3.07. The van der Waals surface area contributed by atoms with Crippen LogP contribution in [0.5, 0.6) is 0 Å². The van der Waals surface area contributed by atoms with Crippen molar-refractivity contribution < 1.29 is 9.53 Å². The van der Waals surface area contributed by atoms with Gasteiger partial charge in [-0.05, 0) is 31.4 Å². The highest BCUT2D eigenvalue weighted by Crippen LogP contribution is 2.21. The van der Waals surface area contributed by atoms with Crippen LogP contribution in [0, 0.1) is 0 Å². The molecule has 2 aromatic rings. The number of rotatable bonds is 4. The highest BCUT2D eigenvalue weighted by Gasteiger charge is 2.25. The number of carbonyl (C=O) groups excluding carboxylic acids is 1. The minimum atomic E-state index is -0.215. The van der Waals surface area contributed by atoms with Crippen LogP contribution in [0.2, 0.25) is 0 Å². The molecule has 3 heterocycles. The lowest BCUT2D eigenvalue weighted by Crippen LogP contribution is -2.45. The molecular weight excluding hydrogens is 360 g/mol. The number of hydrogen-bond acceptors (Lipinski definition) is 6. The van der Waals surface area contributed by atoms with Crippen LogP contribution in [0.4, 0.5) is 5.13 Å². The van der Waals surface area contributed by atoms with E-state index in [9.17, 15) is 4.79 Å². The molecule has 3 unspecified atom stereocenters. The van der Waals surface area contributed by atoms with E-state index in [1.807, 2.05) is 17.5 Å². The fourth-order valence-corrected chi connectivity index (χ4v) is 4.62. The van der Waals surface area contributed by atoms with Gasteiger partial charge in [0.15, 0.2) is 5.13 Å². The van der Waals surface area contributed by atoms with Crippen LogP contribution >= 0.6 is 11.3 Å². The molecule has 1 aromatic carbocycles. The van der Waals surface area contributed by atoms with Crippen molar-refractivity contribution >= 4 is 22.4 Å². The second-order valence-corrected chi connectivity index (χ2v) is 8.35. The first-order valence-corrected chi connectivity index (χ1v) is 10.4. The number of nitrogens with zero attached hydrogens (tertiary/aromatic N) is 2. The molecule has 27 heavy (non-hydrogen) atoms. The van der Waals surface area contributed by atoms with Crippen molar-refractivity contribution in [2.24, 2.45) is 0 Å². The van der Waals surface area contributed by atoms with E-state index in [-0.39, 0.29) is 24.2 Å². The second kappa shape index (κ2) is 8.06. The van der Waals surface area contributed by atoms with Crippen LogP contribution in [-0.2, 0) is 29.0 Å². The normalized spacial score (nSPS) is 25.8. The van der Waals surface area contributed by atoms with Crippen LogP contribution in [0.3, 0.4) is 0 Å². The fraction of sp³-hybridized carbons (Fsp3) is 0.500. The van der Waals surface area contributed by atoms with Gasteiger partial charge in [0.1, 0.15) is 0 Å². The maximum Gasteiger partial charge on any atom is 0.243 e. The van der Waals surface area contributed by atoms with Crippen molar-refractivity contribution in [3.05, 3.63) is 46.5 Å². The van der Waals surface area contributed by atoms with Crippen LogP contribution in [0.15, 0.2) is 29.6 Å². The first-order valence-electron chi connectivity index (χ1n) is 9.50. The third-order valence-electron chi connectivity index (χ3n) is 5.06. The van der Waals surface area contributed by atoms with E-state index < -0.39 is 0 Å². The number of thiazole rings is 1. The van der Waals surface area contributed by atoms with Gasteiger partial charge in [0.2, 0.25) is 5.91 Å². The van der Waals surface area contributed by atoms with Gasteiger partial charge in [-0.15, -0.1) is 11.3 Å². The number of anilines is 1. The Bertz CT molecular complexity index is 799. The minimum absolute atomic E-state index is 0.0148. The molecule has 0 saturated carbocycles. The lowest BCUT2D eigenvalue weighted by Gasteiger charge is -2.34. The molecule has 3 atom stereocenters. The molecule has 0 radical (unpaired) electrons. The van der Waals surface area contributed by atoms with Crippen LogP contribution in [-0.4, -0.2) is 47.1 Å². The lowest BCUT2D eigenvalue weighted by atomic mass is 9.95. The zero-order valence-corrected chi connectivity index (χ0v) is 16.6. The number of amides is 1. The third kappa shape index (κ3) is 4.55. The Morgan fingerprint density at radius 2 is 2.04 bits per heavy atom. The number of ether oxygens (including phenoxy) is 1. The smallest absolute Gasteiger partial charge is 0.243 e. The number of nitrogens with one attached hydrogen (secondary N) is 2. The predicted octanol–water partition coefficient (Wildman–Crippen LogP) is 2.41. The first kappa shape index (κ1) is 18.6. The van der Waals surface area contributed by atoms with Crippen LogP contribution in [0.1, 0.15) is 30.7 Å². The molecule has 4 rings (SSSR count). The zero-order chi connectivity index (χ0) is 18.8. The Morgan fingerprint density at radius 3 is 2.81 bits per heavy atom. The highest BCUT2D eigenvalue weighted by molar-refractivity contribution is 7.13. The monoisotopic (exact) mass is 386 g/mol.